The standard InChI is InChI=1S/C13H11IN4O2/c1-2-18-11(15-7-16-18)6-17-12(19)9-4-3-8(14)5-10(9)13(17)20/h3-5,7H,2,6H2,1H3. The lowest BCUT2D eigenvalue weighted by Crippen LogP contribution is -2.30. The fourth-order valence-corrected chi connectivity index (χ4v) is 2.71. The second-order valence-electron chi connectivity index (χ2n) is 4.38. The zero-order chi connectivity index (χ0) is 14.3. The van der Waals surface area contributed by atoms with Crippen molar-refractivity contribution in [2.45, 2.75) is 20.0 Å². The number of hydrogen-bond acceptors (Lipinski definition) is 4. The van der Waals surface area contributed by atoms with Gasteiger partial charge >= 0.3 is 0 Å². The third kappa shape index (κ3) is 2.01. The van der Waals surface area contributed by atoms with E-state index in [4.69, 9.17) is 0 Å². The van der Waals surface area contributed by atoms with E-state index < -0.39 is 0 Å². The molecule has 7 heteroatoms. The summed E-state index contributed by atoms with van der Waals surface area (Å²) in [7, 11) is 0. The third-order valence-electron chi connectivity index (χ3n) is 3.23. The maximum Gasteiger partial charge on any atom is 0.262 e. The molecular formula is C13H11IN4O2. The van der Waals surface area contributed by atoms with Crippen molar-refractivity contribution in [2.24, 2.45) is 0 Å². The maximum absolute atomic E-state index is 12.3. The Kier molecular flexibility index (Phi) is 3.28. The van der Waals surface area contributed by atoms with Crippen molar-refractivity contribution in [2.75, 3.05) is 0 Å². The van der Waals surface area contributed by atoms with Crippen molar-refractivity contribution < 1.29 is 9.59 Å². The summed E-state index contributed by atoms with van der Waals surface area (Å²) in [4.78, 5) is 29.9. The number of nitrogens with zero attached hydrogens (tertiary/aromatic N) is 4. The van der Waals surface area contributed by atoms with Crippen molar-refractivity contribution in [1.82, 2.24) is 19.7 Å². The average molecular weight is 382 g/mol. The molecule has 1 aliphatic heterocycles. The second-order valence-corrected chi connectivity index (χ2v) is 5.62. The molecule has 1 aromatic heterocycles. The monoisotopic (exact) mass is 382 g/mol. The highest BCUT2D eigenvalue weighted by Crippen LogP contribution is 2.25. The minimum Gasteiger partial charge on any atom is -0.269 e. The molecule has 0 unspecified atom stereocenters. The fraction of sp³-hybridized carbons (Fsp3) is 0.231. The molecule has 0 atom stereocenters. The van der Waals surface area contributed by atoms with Crippen molar-refractivity contribution in [1.29, 1.82) is 0 Å². The highest BCUT2D eigenvalue weighted by molar-refractivity contribution is 14.1. The predicted molar refractivity (Wildman–Crippen MR) is 79.1 cm³/mol. The molecule has 0 saturated carbocycles. The van der Waals surface area contributed by atoms with Crippen LogP contribution in [-0.2, 0) is 13.1 Å². The number of aromatic nitrogens is 3. The first kappa shape index (κ1) is 13.2. The Bertz CT molecular complexity index is 710. The van der Waals surface area contributed by atoms with Gasteiger partial charge in [0.15, 0.2) is 0 Å². The number of rotatable bonds is 3. The first-order chi connectivity index (χ1) is 9.61. The SMILES string of the molecule is CCn1ncnc1CN1C(=O)c2ccc(I)cc2C1=O. The van der Waals surface area contributed by atoms with Crippen molar-refractivity contribution in [3.63, 3.8) is 0 Å². The Labute approximate surface area is 128 Å². The Hall–Kier alpha value is -1.77. The average Bonchev–Trinajstić information content (AvgIpc) is 2.98. The smallest absolute Gasteiger partial charge is 0.262 e. The van der Waals surface area contributed by atoms with E-state index in [1.54, 1.807) is 16.8 Å². The molecule has 20 heavy (non-hydrogen) atoms. The van der Waals surface area contributed by atoms with Crippen LogP contribution in [0.25, 0.3) is 0 Å². The van der Waals surface area contributed by atoms with Crippen molar-refractivity contribution in [3.8, 4) is 0 Å². The van der Waals surface area contributed by atoms with E-state index in [0.29, 0.717) is 23.5 Å². The van der Waals surface area contributed by atoms with Gasteiger partial charge in [0.05, 0.1) is 17.7 Å². The molecule has 6 nitrogen and oxygen atoms in total. The van der Waals surface area contributed by atoms with E-state index in [-0.39, 0.29) is 18.4 Å². The predicted octanol–water partition coefficient (Wildman–Crippen LogP) is 1.70. The van der Waals surface area contributed by atoms with Gasteiger partial charge < -0.3 is 0 Å². The van der Waals surface area contributed by atoms with Crippen LogP contribution in [0.15, 0.2) is 24.5 Å². The number of benzene rings is 1. The van der Waals surface area contributed by atoms with Gasteiger partial charge in [-0.25, -0.2) is 9.67 Å². The molecule has 2 aromatic rings. The molecule has 2 heterocycles. The van der Waals surface area contributed by atoms with Crippen LogP contribution in [0.5, 0.6) is 0 Å². The minimum atomic E-state index is -0.271. The van der Waals surface area contributed by atoms with Crippen molar-refractivity contribution in [3.05, 3.63) is 45.0 Å². The summed E-state index contributed by atoms with van der Waals surface area (Å²) in [5, 5.41) is 4.05. The second kappa shape index (κ2) is 4.97. The molecule has 0 fully saturated rings. The summed E-state index contributed by atoms with van der Waals surface area (Å²) in [6.07, 6.45) is 1.43. The fourth-order valence-electron chi connectivity index (χ4n) is 2.22. The molecule has 1 aromatic carbocycles. The van der Waals surface area contributed by atoms with E-state index in [1.165, 1.54) is 11.2 Å². The maximum atomic E-state index is 12.3. The summed E-state index contributed by atoms with van der Waals surface area (Å²) >= 11 is 2.12. The van der Waals surface area contributed by atoms with Gasteiger partial charge in [0.1, 0.15) is 12.2 Å². The van der Waals surface area contributed by atoms with Gasteiger partial charge in [0.25, 0.3) is 11.8 Å². The van der Waals surface area contributed by atoms with Crippen LogP contribution in [-0.4, -0.2) is 31.5 Å². The molecule has 0 spiro atoms. The van der Waals surface area contributed by atoms with E-state index in [2.05, 4.69) is 32.7 Å². The molecule has 102 valence electrons. The summed E-state index contributed by atoms with van der Waals surface area (Å²) in [6, 6.07) is 5.26. The Balaban J connectivity index is 1.94. The van der Waals surface area contributed by atoms with Crippen LogP contribution in [0, 0.1) is 3.57 Å². The topological polar surface area (TPSA) is 68.1 Å². The van der Waals surface area contributed by atoms with Crippen LogP contribution >= 0.6 is 22.6 Å². The Morgan fingerprint density at radius 3 is 2.70 bits per heavy atom. The summed E-state index contributed by atoms with van der Waals surface area (Å²) in [5.41, 5.74) is 0.919. The minimum absolute atomic E-state index is 0.150. The van der Waals surface area contributed by atoms with Crippen LogP contribution in [0.4, 0.5) is 0 Å². The van der Waals surface area contributed by atoms with E-state index in [1.807, 2.05) is 13.0 Å². The molecule has 0 aliphatic carbocycles. The molecule has 1 aliphatic rings. The lowest BCUT2D eigenvalue weighted by molar-refractivity contribution is 0.0636. The van der Waals surface area contributed by atoms with Crippen LogP contribution in [0.1, 0.15) is 33.5 Å². The van der Waals surface area contributed by atoms with Crippen LogP contribution in [0.2, 0.25) is 0 Å². The van der Waals surface area contributed by atoms with Crippen LogP contribution in [0.3, 0.4) is 0 Å². The van der Waals surface area contributed by atoms with Crippen LogP contribution < -0.4 is 0 Å². The summed E-state index contributed by atoms with van der Waals surface area (Å²) in [6.45, 7) is 2.73. The molecule has 0 N–H and O–H groups in total. The van der Waals surface area contributed by atoms with Gasteiger partial charge in [-0.2, -0.15) is 5.10 Å². The summed E-state index contributed by atoms with van der Waals surface area (Å²) < 4.78 is 2.61. The number of imide groups is 1. The number of halogens is 1. The first-order valence-electron chi connectivity index (χ1n) is 6.14. The van der Waals surface area contributed by atoms with E-state index in [9.17, 15) is 9.59 Å². The highest BCUT2D eigenvalue weighted by Gasteiger charge is 2.36. The summed E-state index contributed by atoms with van der Waals surface area (Å²) in [5.74, 6) is 0.0675. The Morgan fingerprint density at radius 1 is 1.20 bits per heavy atom. The van der Waals surface area contributed by atoms with Gasteiger partial charge in [-0.05, 0) is 47.7 Å². The molecule has 0 bridgehead atoms. The van der Waals surface area contributed by atoms with Gasteiger partial charge in [0.2, 0.25) is 0 Å². The first-order valence-corrected chi connectivity index (χ1v) is 7.22. The quantitative estimate of drug-likeness (QED) is 0.599. The number of carbonyl (C=O) groups is 2. The number of hydrogen-bond donors (Lipinski definition) is 0. The van der Waals surface area contributed by atoms with Gasteiger partial charge in [-0.3, -0.25) is 14.5 Å². The van der Waals surface area contributed by atoms with E-state index in [0.717, 1.165) is 3.57 Å². The van der Waals surface area contributed by atoms with Gasteiger partial charge in [0, 0.05) is 10.1 Å². The molecule has 2 amide bonds. The number of amides is 2. The normalized spacial score (nSPS) is 14.0. The lowest BCUT2D eigenvalue weighted by Gasteiger charge is -2.13. The lowest BCUT2D eigenvalue weighted by atomic mass is 10.1. The number of fused-ring (bicyclic) bond motifs is 1. The highest BCUT2D eigenvalue weighted by atomic mass is 127. The zero-order valence-corrected chi connectivity index (χ0v) is 12.9. The molecule has 0 saturated heterocycles. The molecule has 3 rings (SSSR count). The van der Waals surface area contributed by atoms with E-state index >= 15 is 0 Å². The Morgan fingerprint density at radius 2 is 1.95 bits per heavy atom. The number of carbonyl (C=O) groups excluding carboxylic acids is 2. The number of aryl methyl sites for hydroxylation is 1. The van der Waals surface area contributed by atoms with Crippen molar-refractivity contribution >= 4 is 34.4 Å². The zero-order valence-electron chi connectivity index (χ0n) is 10.7. The molecule has 0 radical (unpaired) electrons. The van der Waals surface area contributed by atoms with Gasteiger partial charge in [-0.15, -0.1) is 0 Å². The van der Waals surface area contributed by atoms with Gasteiger partial charge in [-0.1, -0.05) is 0 Å². The largest absolute Gasteiger partial charge is 0.269 e. The molecular weight excluding hydrogens is 371 g/mol. The third-order valence-corrected chi connectivity index (χ3v) is 3.90.